The molecule has 1 amide bonds. The first-order chi connectivity index (χ1) is 14.6. The molecular formula is C23H38N4O3. The van der Waals surface area contributed by atoms with Crippen LogP contribution >= 0.6 is 0 Å². The fraction of sp³-hybridized carbons (Fsp3) is 0.652. The maximum atomic E-state index is 11.6. The summed E-state index contributed by atoms with van der Waals surface area (Å²) in [6, 6.07) is 7.68. The van der Waals surface area contributed by atoms with E-state index in [0.717, 1.165) is 43.9 Å². The van der Waals surface area contributed by atoms with Gasteiger partial charge < -0.3 is 25.8 Å². The number of carbonyl (C=O) groups excluding carboxylic acids is 1. The van der Waals surface area contributed by atoms with Crippen LogP contribution in [-0.2, 0) is 11.3 Å². The maximum Gasteiger partial charge on any atom is 0.257 e. The summed E-state index contributed by atoms with van der Waals surface area (Å²) in [6.07, 6.45) is 6.91. The second kappa shape index (κ2) is 13.1. The summed E-state index contributed by atoms with van der Waals surface area (Å²) in [4.78, 5) is 16.3. The first-order valence-electron chi connectivity index (χ1n) is 11.2. The van der Waals surface area contributed by atoms with Gasteiger partial charge in [0.05, 0.1) is 6.54 Å². The Morgan fingerprint density at radius 1 is 1.13 bits per heavy atom. The third kappa shape index (κ3) is 8.22. The molecule has 1 aromatic rings. The van der Waals surface area contributed by atoms with Crippen LogP contribution < -0.4 is 20.7 Å². The number of amides is 1. The number of carbonyl (C=O) groups is 1. The van der Waals surface area contributed by atoms with Crippen LogP contribution in [0.2, 0.25) is 0 Å². The molecule has 1 aliphatic carbocycles. The Kier molecular flexibility index (Phi) is 10.5. The molecular weight excluding hydrogens is 380 g/mol. The molecule has 1 saturated carbocycles. The molecule has 0 atom stereocenters. The molecule has 168 valence electrons. The molecule has 7 heteroatoms. The molecule has 30 heavy (non-hydrogen) atoms. The lowest BCUT2D eigenvalue weighted by atomic mass is 9.72. The summed E-state index contributed by atoms with van der Waals surface area (Å²) in [5.41, 5.74) is 1.18. The topological polar surface area (TPSA) is 95.0 Å². The Balaban J connectivity index is 1.95. The molecule has 1 aliphatic rings. The lowest BCUT2D eigenvalue weighted by Crippen LogP contribution is -2.44. The second-order valence-electron chi connectivity index (χ2n) is 7.97. The number of nitrogens with one attached hydrogen (secondary N) is 3. The minimum atomic E-state index is -0.126. The predicted molar refractivity (Wildman–Crippen MR) is 121 cm³/mol. The summed E-state index contributed by atoms with van der Waals surface area (Å²) in [5, 5.41) is 19.1. The van der Waals surface area contributed by atoms with Crippen molar-refractivity contribution >= 4 is 11.9 Å². The van der Waals surface area contributed by atoms with Gasteiger partial charge in [0, 0.05) is 26.2 Å². The summed E-state index contributed by atoms with van der Waals surface area (Å²) < 4.78 is 5.57. The summed E-state index contributed by atoms with van der Waals surface area (Å²) >= 11 is 0. The quantitative estimate of drug-likeness (QED) is 0.327. The van der Waals surface area contributed by atoms with Crippen LogP contribution in [0.3, 0.4) is 0 Å². The number of likely N-dealkylation sites (N-methyl/N-ethyl adjacent to an activating group) is 1. The van der Waals surface area contributed by atoms with E-state index in [1.165, 1.54) is 19.3 Å². The van der Waals surface area contributed by atoms with Crippen molar-refractivity contribution < 1.29 is 14.6 Å². The Labute approximate surface area is 180 Å². The van der Waals surface area contributed by atoms with E-state index in [1.807, 2.05) is 31.2 Å². The normalized spacial score (nSPS) is 16.0. The van der Waals surface area contributed by atoms with E-state index in [0.29, 0.717) is 18.8 Å². The third-order valence-corrected chi connectivity index (χ3v) is 5.59. The molecule has 0 bridgehead atoms. The number of aliphatic hydroxyl groups excluding tert-OH is 1. The van der Waals surface area contributed by atoms with Crippen molar-refractivity contribution in [1.82, 2.24) is 16.0 Å². The Morgan fingerprint density at radius 3 is 2.60 bits per heavy atom. The SMILES string of the molecule is CCNC(=O)COc1cccc(CN=C(NCC)NCC2(CCO)CCCCC2)c1. The molecule has 0 spiro atoms. The first kappa shape index (κ1) is 24.0. The van der Waals surface area contributed by atoms with Gasteiger partial charge in [-0.15, -0.1) is 0 Å². The minimum absolute atomic E-state index is 0.0116. The van der Waals surface area contributed by atoms with Crippen molar-refractivity contribution in [2.75, 3.05) is 32.8 Å². The van der Waals surface area contributed by atoms with Crippen molar-refractivity contribution in [2.45, 2.75) is 58.9 Å². The van der Waals surface area contributed by atoms with Crippen LogP contribution in [0, 0.1) is 5.41 Å². The molecule has 0 unspecified atom stereocenters. The number of ether oxygens (including phenoxy) is 1. The summed E-state index contributed by atoms with van der Waals surface area (Å²) in [7, 11) is 0. The van der Waals surface area contributed by atoms with Crippen LogP contribution in [0.25, 0.3) is 0 Å². The smallest absolute Gasteiger partial charge is 0.257 e. The zero-order valence-electron chi connectivity index (χ0n) is 18.5. The molecule has 1 fully saturated rings. The van der Waals surface area contributed by atoms with E-state index in [-0.39, 0.29) is 24.5 Å². The van der Waals surface area contributed by atoms with Gasteiger partial charge in [-0.3, -0.25) is 4.79 Å². The molecule has 7 nitrogen and oxygen atoms in total. The van der Waals surface area contributed by atoms with E-state index in [2.05, 4.69) is 22.9 Å². The number of guanidine groups is 1. The summed E-state index contributed by atoms with van der Waals surface area (Å²) in [6.45, 7) is 6.90. The zero-order valence-corrected chi connectivity index (χ0v) is 18.5. The van der Waals surface area contributed by atoms with Crippen molar-refractivity contribution in [1.29, 1.82) is 0 Å². The van der Waals surface area contributed by atoms with Gasteiger partial charge in [0.25, 0.3) is 5.91 Å². The Bertz CT molecular complexity index is 667. The summed E-state index contributed by atoms with van der Waals surface area (Å²) in [5.74, 6) is 1.32. The third-order valence-electron chi connectivity index (χ3n) is 5.59. The zero-order chi connectivity index (χ0) is 21.7. The van der Waals surface area contributed by atoms with Gasteiger partial charge in [0.1, 0.15) is 5.75 Å². The van der Waals surface area contributed by atoms with Crippen LogP contribution in [-0.4, -0.2) is 49.8 Å². The van der Waals surface area contributed by atoms with Gasteiger partial charge in [-0.1, -0.05) is 31.4 Å². The van der Waals surface area contributed by atoms with Gasteiger partial charge in [0.2, 0.25) is 0 Å². The minimum Gasteiger partial charge on any atom is -0.484 e. The number of aliphatic imine (C=N–C) groups is 1. The monoisotopic (exact) mass is 418 g/mol. The molecule has 0 saturated heterocycles. The maximum absolute atomic E-state index is 11.6. The highest BCUT2D eigenvalue weighted by molar-refractivity contribution is 5.79. The lowest BCUT2D eigenvalue weighted by molar-refractivity contribution is -0.122. The van der Waals surface area contributed by atoms with E-state index >= 15 is 0 Å². The Hall–Kier alpha value is -2.28. The number of nitrogens with zero attached hydrogens (tertiary/aromatic N) is 1. The number of rotatable bonds is 11. The lowest BCUT2D eigenvalue weighted by Gasteiger charge is -2.37. The largest absolute Gasteiger partial charge is 0.484 e. The molecule has 0 radical (unpaired) electrons. The van der Waals surface area contributed by atoms with Crippen molar-refractivity contribution in [3.63, 3.8) is 0 Å². The highest BCUT2D eigenvalue weighted by Gasteiger charge is 2.31. The number of hydrogen-bond acceptors (Lipinski definition) is 4. The van der Waals surface area contributed by atoms with Gasteiger partial charge in [-0.2, -0.15) is 0 Å². The molecule has 0 aromatic heterocycles. The molecule has 1 aromatic carbocycles. The van der Waals surface area contributed by atoms with Gasteiger partial charge in [-0.25, -0.2) is 4.99 Å². The standard InChI is InChI=1S/C23H38N4O3/c1-3-24-21(29)17-30-20-10-8-9-19(15-20)16-26-22(25-4-2)27-18-23(13-14-28)11-6-5-7-12-23/h8-10,15,28H,3-7,11-14,16-18H2,1-2H3,(H,24,29)(H2,25,26,27). The van der Waals surface area contributed by atoms with Crippen molar-refractivity contribution in [3.8, 4) is 5.75 Å². The number of benzene rings is 1. The number of aliphatic hydroxyl groups is 1. The Morgan fingerprint density at radius 2 is 1.90 bits per heavy atom. The van der Waals surface area contributed by atoms with Gasteiger partial charge in [-0.05, 0) is 56.2 Å². The van der Waals surface area contributed by atoms with Crippen LogP contribution in [0.15, 0.2) is 29.3 Å². The van der Waals surface area contributed by atoms with Crippen LogP contribution in [0.4, 0.5) is 0 Å². The number of hydrogen-bond donors (Lipinski definition) is 4. The van der Waals surface area contributed by atoms with E-state index < -0.39 is 0 Å². The van der Waals surface area contributed by atoms with E-state index in [4.69, 9.17) is 9.73 Å². The highest BCUT2D eigenvalue weighted by atomic mass is 16.5. The average Bonchev–Trinajstić information content (AvgIpc) is 2.76. The molecule has 4 N–H and O–H groups in total. The molecule has 0 heterocycles. The van der Waals surface area contributed by atoms with E-state index in [9.17, 15) is 9.90 Å². The van der Waals surface area contributed by atoms with E-state index in [1.54, 1.807) is 0 Å². The fourth-order valence-corrected chi connectivity index (χ4v) is 3.97. The van der Waals surface area contributed by atoms with Crippen molar-refractivity contribution in [2.24, 2.45) is 10.4 Å². The average molecular weight is 419 g/mol. The molecule has 0 aliphatic heterocycles. The van der Waals surface area contributed by atoms with Gasteiger partial charge >= 0.3 is 0 Å². The van der Waals surface area contributed by atoms with Gasteiger partial charge in [0.15, 0.2) is 12.6 Å². The van der Waals surface area contributed by atoms with Crippen molar-refractivity contribution in [3.05, 3.63) is 29.8 Å². The second-order valence-corrected chi connectivity index (χ2v) is 7.97. The van der Waals surface area contributed by atoms with Crippen LogP contribution in [0.1, 0.15) is 57.9 Å². The first-order valence-corrected chi connectivity index (χ1v) is 11.2. The molecule has 2 rings (SSSR count). The predicted octanol–water partition coefficient (Wildman–Crippen LogP) is 2.59. The fourth-order valence-electron chi connectivity index (χ4n) is 3.97. The highest BCUT2D eigenvalue weighted by Crippen LogP contribution is 2.38. The van der Waals surface area contributed by atoms with Crippen LogP contribution in [0.5, 0.6) is 5.75 Å².